The van der Waals surface area contributed by atoms with Gasteiger partial charge in [0, 0.05) is 19.1 Å². The van der Waals surface area contributed by atoms with Crippen molar-refractivity contribution in [2.75, 3.05) is 20.1 Å². The lowest BCUT2D eigenvalue weighted by Crippen LogP contribution is -2.39. The summed E-state index contributed by atoms with van der Waals surface area (Å²) in [5.74, 6) is 0.528. The van der Waals surface area contributed by atoms with Crippen molar-refractivity contribution in [1.82, 2.24) is 4.90 Å². The molecule has 2 heteroatoms. The second kappa shape index (κ2) is 8.31. The molecule has 1 atom stereocenters. The maximum Gasteiger partial charge on any atom is 0.0228 e. The normalized spacial score (nSPS) is 15.1. The number of allylic oxidation sites excluding steroid dienone is 3. The van der Waals surface area contributed by atoms with Gasteiger partial charge in [-0.2, -0.15) is 0 Å². The van der Waals surface area contributed by atoms with Crippen molar-refractivity contribution in [3.63, 3.8) is 0 Å². The van der Waals surface area contributed by atoms with Gasteiger partial charge in [-0.15, -0.1) is 0 Å². The molecule has 92 valence electrons. The highest BCUT2D eigenvalue weighted by atomic mass is 15.1. The third-order valence-corrected chi connectivity index (χ3v) is 2.65. The molecular formula is C14H26N2. The van der Waals surface area contributed by atoms with E-state index in [0.717, 1.165) is 13.1 Å². The summed E-state index contributed by atoms with van der Waals surface area (Å²) in [6, 6.07) is 0.242. The first-order valence-corrected chi connectivity index (χ1v) is 5.89. The average molecular weight is 222 g/mol. The minimum Gasteiger partial charge on any atom is -0.326 e. The first-order valence-electron chi connectivity index (χ1n) is 5.89. The first-order chi connectivity index (χ1) is 7.51. The van der Waals surface area contributed by atoms with Crippen molar-refractivity contribution < 1.29 is 0 Å². The van der Waals surface area contributed by atoms with Crippen LogP contribution in [0.2, 0.25) is 0 Å². The average Bonchev–Trinajstić information content (AvgIpc) is 2.23. The highest BCUT2D eigenvalue weighted by Crippen LogP contribution is 2.04. The number of hydrogen-bond donors (Lipinski definition) is 1. The summed E-state index contributed by atoms with van der Waals surface area (Å²) in [5, 5.41) is 0. The summed E-state index contributed by atoms with van der Waals surface area (Å²) in [4.78, 5) is 2.26. The summed E-state index contributed by atoms with van der Waals surface area (Å²) >= 11 is 0. The lowest BCUT2D eigenvalue weighted by Gasteiger charge is -2.24. The van der Waals surface area contributed by atoms with Gasteiger partial charge in [-0.3, -0.25) is 0 Å². The molecule has 0 aliphatic rings. The van der Waals surface area contributed by atoms with Gasteiger partial charge >= 0.3 is 0 Å². The summed E-state index contributed by atoms with van der Waals surface area (Å²) in [6.07, 6.45) is 7.97. The van der Waals surface area contributed by atoms with Crippen LogP contribution in [0.25, 0.3) is 0 Å². The molecule has 0 saturated heterocycles. The van der Waals surface area contributed by atoms with Crippen LogP contribution < -0.4 is 5.73 Å². The van der Waals surface area contributed by atoms with E-state index >= 15 is 0 Å². The van der Waals surface area contributed by atoms with Crippen LogP contribution in [-0.2, 0) is 0 Å². The third kappa shape index (κ3) is 6.59. The zero-order valence-corrected chi connectivity index (χ0v) is 11.1. The van der Waals surface area contributed by atoms with Crippen molar-refractivity contribution >= 4 is 0 Å². The van der Waals surface area contributed by atoms with E-state index < -0.39 is 0 Å². The van der Waals surface area contributed by atoms with Crippen molar-refractivity contribution in [3.05, 3.63) is 36.5 Å². The smallest absolute Gasteiger partial charge is 0.0228 e. The van der Waals surface area contributed by atoms with Gasteiger partial charge in [0.1, 0.15) is 0 Å². The Bertz CT molecular complexity index is 251. The third-order valence-electron chi connectivity index (χ3n) is 2.65. The molecule has 0 bridgehead atoms. The largest absolute Gasteiger partial charge is 0.326 e. The molecule has 16 heavy (non-hydrogen) atoms. The highest BCUT2D eigenvalue weighted by Gasteiger charge is 2.10. The summed E-state index contributed by atoms with van der Waals surface area (Å²) in [7, 11) is 2.10. The first kappa shape index (κ1) is 15.1. The lowest BCUT2D eigenvalue weighted by molar-refractivity contribution is 0.303. The van der Waals surface area contributed by atoms with Crippen LogP contribution in [0.4, 0.5) is 0 Å². The van der Waals surface area contributed by atoms with Crippen molar-refractivity contribution in [1.29, 1.82) is 0 Å². The second-order valence-electron chi connectivity index (χ2n) is 4.56. The Hall–Kier alpha value is -0.860. The number of nitrogens with two attached hydrogens (primary N) is 1. The van der Waals surface area contributed by atoms with E-state index in [1.165, 1.54) is 5.57 Å². The van der Waals surface area contributed by atoms with E-state index in [2.05, 4.69) is 51.4 Å². The fraction of sp³-hybridized carbons (Fsp3) is 0.571. The zero-order valence-electron chi connectivity index (χ0n) is 11.1. The number of nitrogens with zero attached hydrogens (tertiary/aromatic N) is 1. The van der Waals surface area contributed by atoms with Crippen molar-refractivity contribution in [2.24, 2.45) is 11.7 Å². The molecule has 0 aromatic heterocycles. The lowest BCUT2D eigenvalue weighted by atomic mass is 10.1. The molecule has 2 N–H and O–H groups in total. The summed E-state index contributed by atoms with van der Waals surface area (Å²) in [5.41, 5.74) is 7.33. The molecular weight excluding hydrogens is 196 g/mol. The van der Waals surface area contributed by atoms with Gasteiger partial charge in [-0.25, -0.2) is 0 Å². The molecule has 0 aromatic rings. The van der Waals surface area contributed by atoms with Crippen LogP contribution in [0.1, 0.15) is 20.8 Å². The van der Waals surface area contributed by atoms with Crippen LogP contribution in [0.15, 0.2) is 36.5 Å². The van der Waals surface area contributed by atoms with Gasteiger partial charge in [-0.1, -0.05) is 44.7 Å². The Morgan fingerprint density at radius 2 is 2.06 bits per heavy atom. The van der Waals surface area contributed by atoms with E-state index in [1.54, 1.807) is 6.08 Å². The fourth-order valence-electron chi connectivity index (χ4n) is 1.38. The Morgan fingerprint density at radius 3 is 2.50 bits per heavy atom. The van der Waals surface area contributed by atoms with Crippen LogP contribution >= 0.6 is 0 Å². The topological polar surface area (TPSA) is 29.3 Å². The van der Waals surface area contributed by atoms with E-state index in [4.69, 9.17) is 5.73 Å². The van der Waals surface area contributed by atoms with Crippen LogP contribution in [0.5, 0.6) is 0 Å². The SMILES string of the molecule is C=C/C=C\C(=C/C)CN(C)CC(N)C(C)C. The van der Waals surface area contributed by atoms with Crippen LogP contribution in [0.3, 0.4) is 0 Å². The molecule has 0 aliphatic heterocycles. The molecule has 0 aromatic carbocycles. The Kier molecular flexibility index (Phi) is 7.86. The van der Waals surface area contributed by atoms with Crippen molar-refractivity contribution in [2.45, 2.75) is 26.8 Å². The predicted molar refractivity (Wildman–Crippen MR) is 73.4 cm³/mol. The molecule has 0 spiro atoms. The molecule has 0 heterocycles. The maximum atomic E-state index is 6.04. The Balaban J connectivity index is 4.16. The summed E-state index contributed by atoms with van der Waals surface area (Å²) in [6.45, 7) is 11.9. The second-order valence-corrected chi connectivity index (χ2v) is 4.56. The quantitative estimate of drug-likeness (QED) is 0.671. The van der Waals surface area contributed by atoms with Gasteiger partial charge < -0.3 is 10.6 Å². The van der Waals surface area contributed by atoms with Crippen LogP contribution in [0, 0.1) is 5.92 Å². The van der Waals surface area contributed by atoms with Gasteiger partial charge in [0.25, 0.3) is 0 Å². The summed E-state index contributed by atoms with van der Waals surface area (Å²) < 4.78 is 0. The van der Waals surface area contributed by atoms with Gasteiger partial charge in [0.05, 0.1) is 0 Å². The number of hydrogen-bond acceptors (Lipinski definition) is 2. The monoisotopic (exact) mass is 222 g/mol. The van der Waals surface area contributed by atoms with Gasteiger partial charge in [0.15, 0.2) is 0 Å². The molecule has 0 radical (unpaired) electrons. The predicted octanol–water partition coefficient (Wildman–Crippen LogP) is 2.59. The fourth-order valence-corrected chi connectivity index (χ4v) is 1.38. The minimum absolute atomic E-state index is 0.242. The van der Waals surface area contributed by atoms with E-state index in [0.29, 0.717) is 5.92 Å². The van der Waals surface area contributed by atoms with Gasteiger partial charge in [-0.05, 0) is 25.5 Å². The number of likely N-dealkylation sites (N-methyl/N-ethyl adjacent to an activating group) is 1. The molecule has 0 saturated carbocycles. The Labute approximate surface area is 101 Å². The molecule has 0 aliphatic carbocycles. The standard InChI is InChI=1S/C14H26N2/c1-6-8-9-13(7-2)10-16(5)11-14(15)12(3)4/h6-9,12,14H,1,10-11,15H2,2-5H3/b9-8-,13-7+. The zero-order chi connectivity index (χ0) is 12.6. The Morgan fingerprint density at radius 1 is 1.44 bits per heavy atom. The molecule has 0 rings (SSSR count). The minimum atomic E-state index is 0.242. The van der Waals surface area contributed by atoms with E-state index in [-0.39, 0.29) is 6.04 Å². The van der Waals surface area contributed by atoms with Gasteiger partial charge in [0.2, 0.25) is 0 Å². The van der Waals surface area contributed by atoms with E-state index in [9.17, 15) is 0 Å². The highest BCUT2D eigenvalue weighted by molar-refractivity contribution is 5.22. The van der Waals surface area contributed by atoms with Crippen LogP contribution in [-0.4, -0.2) is 31.1 Å². The van der Waals surface area contributed by atoms with Crippen molar-refractivity contribution in [3.8, 4) is 0 Å². The van der Waals surface area contributed by atoms with E-state index in [1.807, 2.05) is 6.08 Å². The molecule has 1 unspecified atom stereocenters. The molecule has 0 fully saturated rings. The molecule has 0 amide bonds. The number of rotatable bonds is 7. The maximum absolute atomic E-state index is 6.04. The molecule has 2 nitrogen and oxygen atoms in total.